The van der Waals surface area contributed by atoms with E-state index in [4.69, 9.17) is 4.74 Å². The molecule has 2 unspecified atom stereocenters. The topological polar surface area (TPSA) is 24.5 Å². The van der Waals surface area contributed by atoms with Gasteiger partial charge in [0.25, 0.3) is 0 Å². The highest BCUT2D eigenvalue weighted by Crippen LogP contribution is 2.23. The molecule has 1 rings (SSSR count). The molecule has 0 aromatic rings. The highest BCUT2D eigenvalue weighted by molar-refractivity contribution is 4.94. The smallest absolute Gasteiger partial charge is 0.0593 e. The largest absolute Gasteiger partial charge is 0.380 e. The molecule has 0 radical (unpaired) electrons. The van der Waals surface area contributed by atoms with E-state index in [1.165, 1.54) is 25.8 Å². The molecule has 0 saturated carbocycles. The second kappa shape index (κ2) is 7.34. The Bertz CT molecular complexity index is 210. The molecule has 1 heterocycles. The van der Waals surface area contributed by atoms with Crippen molar-refractivity contribution in [2.75, 3.05) is 32.8 Å². The van der Waals surface area contributed by atoms with Crippen molar-refractivity contribution in [3.8, 4) is 0 Å². The normalized spacial score (nSPS) is 30.7. The van der Waals surface area contributed by atoms with Gasteiger partial charge in [0.05, 0.1) is 6.61 Å². The molecular formula is C14H30N2O. The van der Waals surface area contributed by atoms with Crippen molar-refractivity contribution in [1.82, 2.24) is 10.2 Å². The van der Waals surface area contributed by atoms with Crippen LogP contribution in [0.15, 0.2) is 0 Å². The number of ether oxygens (including phenoxy) is 1. The fraction of sp³-hybridized carbons (Fsp3) is 1.00. The lowest BCUT2D eigenvalue weighted by molar-refractivity contribution is 0.0180. The molecule has 3 nitrogen and oxygen atoms in total. The van der Waals surface area contributed by atoms with Gasteiger partial charge in [0.15, 0.2) is 0 Å². The van der Waals surface area contributed by atoms with Crippen LogP contribution in [0, 0.1) is 0 Å². The van der Waals surface area contributed by atoms with Gasteiger partial charge in [-0.3, -0.25) is 4.90 Å². The first kappa shape index (κ1) is 14.9. The van der Waals surface area contributed by atoms with E-state index in [9.17, 15) is 0 Å². The maximum Gasteiger partial charge on any atom is 0.0593 e. The number of hydrogen-bond acceptors (Lipinski definition) is 3. The van der Waals surface area contributed by atoms with Crippen LogP contribution >= 0.6 is 0 Å². The van der Waals surface area contributed by atoms with Crippen molar-refractivity contribution in [1.29, 1.82) is 0 Å². The van der Waals surface area contributed by atoms with Gasteiger partial charge >= 0.3 is 0 Å². The van der Waals surface area contributed by atoms with E-state index in [0.29, 0.717) is 11.6 Å². The quantitative estimate of drug-likeness (QED) is 0.693. The minimum atomic E-state index is 0.307. The van der Waals surface area contributed by atoms with Crippen LogP contribution in [0.3, 0.4) is 0 Å². The van der Waals surface area contributed by atoms with Crippen LogP contribution in [-0.4, -0.2) is 49.3 Å². The molecular weight excluding hydrogens is 212 g/mol. The van der Waals surface area contributed by atoms with E-state index in [-0.39, 0.29) is 0 Å². The lowest BCUT2D eigenvalue weighted by atomic mass is 9.91. The molecule has 0 spiro atoms. The second-order valence-corrected chi connectivity index (χ2v) is 5.36. The second-order valence-electron chi connectivity index (χ2n) is 5.36. The van der Waals surface area contributed by atoms with Crippen LogP contribution in [0.1, 0.15) is 47.0 Å². The van der Waals surface area contributed by atoms with Gasteiger partial charge in [0.2, 0.25) is 0 Å². The Kier molecular flexibility index (Phi) is 6.45. The molecule has 1 fully saturated rings. The third-order valence-corrected chi connectivity index (χ3v) is 4.08. The first-order valence-corrected chi connectivity index (χ1v) is 7.22. The van der Waals surface area contributed by atoms with Crippen LogP contribution in [0.5, 0.6) is 0 Å². The van der Waals surface area contributed by atoms with Gasteiger partial charge in [-0.25, -0.2) is 0 Å². The SMILES string of the molecule is CCCC1CN(CCOCC)C(C)(CC)CN1. The average Bonchev–Trinajstić information content (AvgIpc) is 2.34. The average molecular weight is 242 g/mol. The lowest BCUT2D eigenvalue weighted by Crippen LogP contribution is -2.63. The van der Waals surface area contributed by atoms with Crippen LogP contribution in [-0.2, 0) is 4.74 Å². The Hall–Kier alpha value is -0.120. The summed E-state index contributed by atoms with van der Waals surface area (Å²) in [7, 11) is 0. The third kappa shape index (κ3) is 4.23. The van der Waals surface area contributed by atoms with Crippen molar-refractivity contribution >= 4 is 0 Å². The predicted molar refractivity (Wildman–Crippen MR) is 73.5 cm³/mol. The molecule has 0 amide bonds. The standard InChI is InChI=1S/C14H30N2O/c1-5-8-13-11-16(9-10-17-7-3)14(4,6-2)12-15-13/h13,15H,5-12H2,1-4H3. The Labute approximate surface area is 107 Å². The van der Waals surface area contributed by atoms with Gasteiger partial charge in [0.1, 0.15) is 0 Å². The fourth-order valence-corrected chi connectivity index (χ4v) is 2.60. The molecule has 17 heavy (non-hydrogen) atoms. The maximum absolute atomic E-state index is 5.51. The Balaban J connectivity index is 2.50. The van der Waals surface area contributed by atoms with Crippen LogP contribution in [0.4, 0.5) is 0 Å². The van der Waals surface area contributed by atoms with Crippen LogP contribution in [0.25, 0.3) is 0 Å². The molecule has 3 heteroatoms. The van der Waals surface area contributed by atoms with E-state index < -0.39 is 0 Å². The summed E-state index contributed by atoms with van der Waals surface area (Å²) in [5, 5.41) is 3.70. The zero-order valence-electron chi connectivity index (χ0n) is 12.1. The maximum atomic E-state index is 5.51. The summed E-state index contributed by atoms with van der Waals surface area (Å²) < 4.78 is 5.51. The van der Waals surface area contributed by atoms with Gasteiger partial charge in [0, 0.05) is 37.8 Å². The number of piperazine rings is 1. The molecule has 1 aliphatic rings. The fourth-order valence-electron chi connectivity index (χ4n) is 2.60. The number of rotatable bonds is 7. The van der Waals surface area contributed by atoms with E-state index in [1.54, 1.807) is 0 Å². The highest BCUT2D eigenvalue weighted by Gasteiger charge is 2.35. The molecule has 102 valence electrons. The minimum absolute atomic E-state index is 0.307. The first-order valence-electron chi connectivity index (χ1n) is 7.22. The molecule has 0 bridgehead atoms. The number of nitrogens with zero attached hydrogens (tertiary/aromatic N) is 1. The summed E-state index contributed by atoms with van der Waals surface area (Å²) in [6.45, 7) is 14.0. The van der Waals surface area contributed by atoms with E-state index in [0.717, 1.165) is 26.3 Å². The Morgan fingerprint density at radius 1 is 1.35 bits per heavy atom. The Morgan fingerprint density at radius 2 is 2.12 bits per heavy atom. The summed E-state index contributed by atoms with van der Waals surface area (Å²) >= 11 is 0. The third-order valence-electron chi connectivity index (χ3n) is 4.08. The van der Waals surface area contributed by atoms with Crippen molar-refractivity contribution in [2.45, 2.75) is 58.5 Å². The van der Waals surface area contributed by atoms with Crippen molar-refractivity contribution < 1.29 is 4.74 Å². The molecule has 2 atom stereocenters. The van der Waals surface area contributed by atoms with Gasteiger partial charge in [-0.15, -0.1) is 0 Å². The van der Waals surface area contributed by atoms with Gasteiger partial charge in [-0.1, -0.05) is 20.3 Å². The predicted octanol–water partition coefficient (Wildman–Crippen LogP) is 2.27. The summed E-state index contributed by atoms with van der Waals surface area (Å²) in [5.41, 5.74) is 0.307. The summed E-state index contributed by atoms with van der Waals surface area (Å²) in [6.07, 6.45) is 3.75. The molecule has 1 aliphatic heterocycles. The van der Waals surface area contributed by atoms with Crippen molar-refractivity contribution in [2.24, 2.45) is 0 Å². The zero-order valence-corrected chi connectivity index (χ0v) is 12.1. The summed E-state index contributed by atoms with van der Waals surface area (Å²) in [4.78, 5) is 2.62. The first-order chi connectivity index (χ1) is 8.16. The van der Waals surface area contributed by atoms with E-state index in [2.05, 4.69) is 37.9 Å². The summed E-state index contributed by atoms with van der Waals surface area (Å²) in [6, 6.07) is 0.668. The summed E-state index contributed by atoms with van der Waals surface area (Å²) in [5.74, 6) is 0. The Morgan fingerprint density at radius 3 is 2.71 bits per heavy atom. The van der Waals surface area contributed by atoms with Gasteiger partial charge in [-0.2, -0.15) is 0 Å². The monoisotopic (exact) mass is 242 g/mol. The van der Waals surface area contributed by atoms with E-state index in [1.807, 2.05) is 0 Å². The number of hydrogen-bond donors (Lipinski definition) is 1. The van der Waals surface area contributed by atoms with E-state index >= 15 is 0 Å². The number of nitrogens with one attached hydrogen (secondary N) is 1. The van der Waals surface area contributed by atoms with Gasteiger partial charge < -0.3 is 10.1 Å². The zero-order chi connectivity index (χ0) is 12.7. The molecule has 1 N–H and O–H groups in total. The van der Waals surface area contributed by atoms with Gasteiger partial charge in [-0.05, 0) is 26.7 Å². The molecule has 0 aliphatic carbocycles. The van der Waals surface area contributed by atoms with Crippen molar-refractivity contribution in [3.05, 3.63) is 0 Å². The molecule has 0 aromatic carbocycles. The van der Waals surface area contributed by atoms with Crippen LogP contribution in [0.2, 0.25) is 0 Å². The molecule has 1 saturated heterocycles. The highest BCUT2D eigenvalue weighted by atomic mass is 16.5. The van der Waals surface area contributed by atoms with Crippen LogP contribution < -0.4 is 5.32 Å². The minimum Gasteiger partial charge on any atom is -0.380 e. The molecule has 0 aromatic heterocycles. The lowest BCUT2D eigenvalue weighted by Gasteiger charge is -2.48. The van der Waals surface area contributed by atoms with Crippen molar-refractivity contribution in [3.63, 3.8) is 0 Å².